The molecular weight excluding hydrogens is 316 g/mol. The van der Waals surface area contributed by atoms with Crippen LogP contribution in [0, 0.1) is 0 Å². The first-order valence-electron chi connectivity index (χ1n) is 8.35. The van der Waals surface area contributed by atoms with Gasteiger partial charge in [-0.2, -0.15) is 0 Å². The zero-order valence-electron chi connectivity index (χ0n) is 14.1. The number of Topliss-reactive ketones (excluding diaryl/α,β-unsaturated/α-hetero) is 1. The maximum absolute atomic E-state index is 12.2. The molecule has 2 heterocycles. The summed E-state index contributed by atoms with van der Waals surface area (Å²) in [5, 5.41) is 10.9. The van der Waals surface area contributed by atoms with Crippen LogP contribution in [0.25, 0.3) is 5.65 Å². The van der Waals surface area contributed by atoms with Crippen molar-refractivity contribution in [1.29, 1.82) is 0 Å². The number of fused-ring (bicyclic) bond motifs is 1. The fourth-order valence-electron chi connectivity index (χ4n) is 2.58. The lowest BCUT2D eigenvalue weighted by Crippen LogP contribution is -2.24. The summed E-state index contributed by atoms with van der Waals surface area (Å²) in [6.07, 6.45) is 3.14. The first-order chi connectivity index (χ1) is 12.2. The second-order valence-electron chi connectivity index (χ2n) is 5.80. The molecular formula is C19H20N4O2. The number of aryl methyl sites for hydroxylation is 1. The summed E-state index contributed by atoms with van der Waals surface area (Å²) in [7, 11) is 0. The van der Waals surface area contributed by atoms with E-state index in [-0.39, 0.29) is 31.1 Å². The van der Waals surface area contributed by atoms with Crippen molar-refractivity contribution in [1.82, 2.24) is 19.9 Å². The highest BCUT2D eigenvalue weighted by molar-refractivity contribution is 5.97. The molecule has 25 heavy (non-hydrogen) atoms. The molecule has 0 spiro atoms. The van der Waals surface area contributed by atoms with Crippen LogP contribution in [0.15, 0.2) is 48.7 Å². The number of ketones is 1. The molecule has 1 N–H and O–H groups in total. The van der Waals surface area contributed by atoms with E-state index >= 15 is 0 Å². The van der Waals surface area contributed by atoms with E-state index in [0.717, 1.165) is 12.1 Å². The smallest absolute Gasteiger partial charge is 0.220 e. The van der Waals surface area contributed by atoms with Crippen LogP contribution in [0.4, 0.5) is 0 Å². The summed E-state index contributed by atoms with van der Waals surface area (Å²) in [5.41, 5.74) is 2.57. The molecule has 128 valence electrons. The lowest BCUT2D eigenvalue weighted by Gasteiger charge is -2.05. The topological polar surface area (TPSA) is 76.4 Å². The quantitative estimate of drug-likeness (QED) is 0.673. The summed E-state index contributed by atoms with van der Waals surface area (Å²) in [4.78, 5) is 24.1. The fourth-order valence-corrected chi connectivity index (χ4v) is 2.58. The van der Waals surface area contributed by atoms with Crippen LogP contribution in [0.5, 0.6) is 0 Å². The van der Waals surface area contributed by atoms with Gasteiger partial charge in [-0.1, -0.05) is 37.3 Å². The predicted octanol–water partition coefficient (Wildman–Crippen LogP) is 2.57. The van der Waals surface area contributed by atoms with E-state index in [1.807, 2.05) is 53.1 Å². The summed E-state index contributed by atoms with van der Waals surface area (Å²) in [5.74, 6) is 0.461. The number of carbonyl (C=O) groups is 2. The van der Waals surface area contributed by atoms with Crippen LogP contribution in [-0.4, -0.2) is 26.3 Å². The SMILES string of the molecule is CCc1ccc(C(=O)CCC(=O)NCc2nnc3ccccn23)cc1. The van der Waals surface area contributed by atoms with Crippen molar-refractivity contribution in [3.8, 4) is 0 Å². The molecule has 0 unspecified atom stereocenters. The van der Waals surface area contributed by atoms with Crippen LogP contribution in [0.1, 0.15) is 41.5 Å². The highest BCUT2D eigenvalue weighted by Gasteiger charge is 2.11. The van der Waals surface area contributed by atoms with Crippen molar-refractivity contribution < 1.29 is 9.59 Å². The number of pyridine rings is 1. The van der Waals surface area contributed by atoms with Crippen molar-refractivity contribution in [2.45, 2.75) is 32.7 Å². The average Bonchev–Trinajstić information content (AvgIpc) is 3.07. The second kappa shape index (κ2) is 7.70. The number of rotatable bonds is 7. The van der Waals surface area contributed by atoms with E-state index in [4.69, 9.17) is 0 Å². The summed E-state index contributed by atoms with van der Waals surface area (Å²) in [6, 6.07) is 13.1. The Labute approximate surface area is 145 Å². The molecule has 0 aliphatic carbocycles. The van der Waals surface area contributed by atoms with Gasteiger partial charge >= 0.3 is 0 Å². The average molecular weight is 336 g/mol. The third-order valence-electron chi connectivity index (χ3n) is 4.09. The maximum Gasteiger partial charge on any atom is 0.220 e. The van der Waals surface area contributed by atoms with Crippen LogP contribution in [0.3, 0.4) is 0 Å². The molecule has 3 rings (SSSR count). The largest absolute Gasteiger partial charge is 0.349 e. The fraction of sp³-hybridized carbons (Fsp3) is 0.263. The van der Waals surface area contributed by atoms with Crippen LogP contribution in [0.2, 0.25) is 0 Å². The van der Waals surface area contributed by atoms with E-state index in [1.54, 1.807) is 0 Å². The molecule has 2 aromatic heterocycles. The van der Waals surface area contributed by atoms with Gasteiger partial charge in [0.05, 0.1) is 6.54 Å². The maximum atomic E-state index is 12.2. The minimum absolute atomic E-state index is 0.0225. The molecule has 0 aliphatic heterocycles. The van der Waals surface area contributed by atoms with Gasteiger partial charge in [-0.05, 0) is 24.1 Å². The molecule has 1 amide bonds. The van der Waals surface area contributed by atoms with Crippen LogP contribution < -0.4 is 5.32 Å². The summed E-state index contributed by atoms with van der Waals surface area (Å²) >= 11 is 0. The van der Waals surface area contributed by atoms with Gasteiger partial charge in [-0.3, -0.25) is 14.0 Å². The molecule has 0 bridgehead atoms. The molecule has 0 fully saturated rings. The van der Waals surface area contributed by atoms with Crippen molar-refractivity contribution in [3.63, 3.8) is 0 Å². The van der Waals surface area contributed by atoms with Gasteiger partial charge in [-0.25, -0.2) is 0 Å². The molecule has 0 saturated heterocycles. The second-order valence-corrected chi connectivity index (χ2v) is 5.80. The number of amides is 1. The number of carbonyl (C=O) groups excluding carboxylic acids is 2. The molecule has 0 radical (unpaired) electrons. The monoisotopic (exact) mass is 336 g/mol. The minimum atomic E-state index is -0.175. The van der Waals surface area contributed by atoms with Crippen LogP contribution >= 0.6 is 0 Å². The Hall–Kier alpha value is -3.02. The zero-order valence-corrected chi connectivity index (χ0v) is 14.1. The Bertz CT molecular complexity index is 884. The first kappa shape index (κ1) is 16.8. The number of aromatic nitrogens is 3. The summed E-state index contributed by atoms with van der Waals surface area (Å²) < 4.78 is 1.82. The van der Waals surface area contributed by atoms with E-state index in [2.05, 4.69) is 22.4 Å². The van der Waals surface area contributed by atoms with Crippen molar-refractivity contribution in [3.05, 3.63) is 65.6 Å². The van der Waals surface area contributed by atoms with Gasteiger partial charge in [0.2, 0.25) is 5.91 Å². The number of nitrogens with one attached hydrogen (secondary N) is 1. The zero-order chi connectivity index (χ0) is 17.6. The van der Waals surface area contributed by atoms with Crippen molar-refractivity contribution in [2.75, 3.05) is 0 Å². The standard InChI is InChI=1S/C19H20N4O2/c1-2-14-6-8-15(9-7-14)16(24)10-11-19(25)20-13-18-22-21-17-5-3-4-12-23(17)18/h3-9,12H,2,10-11,13H2,1H3,(H,20,25). The Morgan fingerprint density at radius 2 is 1.84 bits per heavy atom. The third kappa shape index (κ3) is 4.09. The van der Waals surface area contributed by atoms with Gasteiger partial charge in [0.25, 0.3) is 0 Å². The Kier molecular flexibility index (Phi) is 5.18. The molecule has 3 aromatic rings. The Morgan fingerprint density at radius 1 is 1.04 bits per heavy atom. The van der Waals surface area contributed by atoms with Gasteiger partial charge in [0.1, 0.15) is 0 Å². The predicted molar refractivity (Wildman–Crippen MR) is 94.2 cm³/mol. The highest BCUT2D eigenvalue weighted by atomic mass is 16.2. The number of benzene rings is 1. The lowest BCUT2D eigenvalue weighted by molar-refractivity contribution is -0.121. The highest BCUT2D eigenvalue weighted by Crippen LogP contribution is 2.09. The van der Waals surface area contributed by atoms with Gasteiger partial charge in [0, 0.05) is 24.6 Å². The van der Waals surface area contributed by atoms with Gasteiger partial charge < -0.3 is 5.32 Å². The molecule has 1 aromatic carbocycles. The van der Waals surface area contributed by atoms with Gasteiger partial charge in [0.15, 0.2) is 17.3 Å². The number of hydrogen-bond donors (Lipinski definition) is 1. The molecule has 6 heteroatoms. The van der Waals surface area contributed by atoms with Crippen molar-refractivity contribution >= 4 is 17.3 Å². The van der Waals surface area contributed by atoms with E-state index < -0.39 is 0 Å². The molecule has 0 aliphatic rings. The minimum Gasteiger partial charge on any atom is -0.349 e. The van der Waals surface area contributed by atoms with Crippen molar-refractivity contribution in [2.24, 2.45) is 0 Å². The Balaban J connectivity index is 1.50. The lowest BCUT2D eigenvalue weighted by atomic mass is 10.0. The number of hydrogen-bond acceptors (Lipinski definition) is 4. The molecule has 0 saturated carbocycles. The molecule has 6 nitrogen and oxygen atoms in total. The normalized spacial score (nSPS) is 10.8. The third-order valence-corrected chi connectivity index (χ3v) is 4.09. The van der Waals surface area contributed by atoms with E-state index in [9.17, 15) is 9.59 Å². The number of nitrogens with zero attached hydrogens (tertiary/aromatic N) is 3. The van der Waals surface area contributed by atoms with Gasteiger partial charge in [-0.15, -0.1) is 10.2 Å². The molecule has 0 atom stereocenters. The first-order valence-corrected chi connectivity index (χ1v) is 8.35. The summed E-state index contributed by atoms with van der Waals surface area (Å²) in [6.45, 7) is 2.35. The van der Waals surface area contributed by atoms with E-state index in [1.165, 1.54) is 5.56 Å². The van der Waals surface area contributed by atoms with Crippen LogP contribution in [-0.2, 0) is 17.8 Å². The Morgan fingerprint density at radius 3 is 2.60 bits per heavy atom. The van der Waals surface area contributed by atoms with E-state index in [0.29, 0.717) is 11.4 Å².